The first-order valence-corrected chi connectivity index (χ1v) is 6.12. The normalized spacial score (nSPS) is 35.2. The molecule has 0 radical (unpaired) electrons. The molecule has 0 aliphatic carbocycles. The number of hydrogen-bond donors (Lipinski definition) is 2. The molecule has 6 heteroatoms. The van der Waals surface area contributed by atoms with Gasteiger partial charge in [0.1, 0.15) is 0 Å². The van der Waals surface area contributed by atoms with Crippen LogP contribution in [-0.4, -0.2) is 40.8 Å². The summed E-state index contributed by atoms with van der Waals surface area (Å²) in [6, 6.07) is -0.0601. The number of nitrogens with one attached hydrogen (secondary N) is 1. The van der Waals surface area contributed by atoms with Crippen LogP contribution in [0.4, 0.5) is 0 Å². The fourth-order valence-corrected chi connectivity index (χ4v) is 2.85. The third-order valence-electron chi connectivity index (χ3n) is 3.88. The Hall–Kier alpha value is -0.980. The molecule has 3 N–H and O–H groups in total. The Balaban J connectivity index is 1.71. The molecule has 0 saturated carbocycles. The van der Waals surface area contributed by atoms with Crippen molar-refractivity contribution < 1.29 is 9.47 Å². The first-order valence-electron chi connectivity index (χ1n) is 6.12. The van der Waals surface area contributed by atoms with Crippen LogP contribution in [0.3, 0.4) is 0 Å². The van der Waals surface area contributed by atoms with E-state index in [-0.39, 0.29) is 11.6 Å². The molecule has 17 heavy (non-hydrogen) atoms. The second-order valence-electron chi connectivity index (χ2n) is 5.01. The fourth-order valence-electron chi connectivity index (χ4n) is 2.85. The molecule has 0 bridgehead atoms. The zero-order valence-electron chi connectivity index (χ0n) is 9.76. The highest BCUT2D eigenvalue weighted by molar-refractivity contribution is 5.03. The van der Waals surface area contributed by atoms with Crippen molar-refractivity contribution in [3.8, 4) is 0 Å². The third kappa shape index (κ3) is 2.08. The molecule has 0 aromatic carbocycles. The van der Waals surface area contributed by atoms with Crippen LogP contribution in [0.2, 0.25) is 0 Å². The number of nitrogens with zero attached hydrogens (tertiary/aromatic N) is 2. The molecule has 3 atom stereocenters. The van der Waals surface area contributed by atoms with Crippen LogP contribution in [0.15, 0.2) is 6.20 Å². The van der Waals surface area contributed by atoms with E-state index in [0.717, 1.165) is 38.2 Å². The van der Waals surface area contributed by atoms with Gasteiger partial charge in [-0.15, -0.1) is 0 Å². The van der Waals surface area contributed by atoms with Crippen molar-refractivity contribution in [2.45, 2.75) is 30.9 Å². The second kappa shape index (κ2) is 4.36. The summed E-state index contributed by atoms with van der Waals surface area (Å²) in [4.78, 5) is 0. The standard InChI is InChI=1S/C11H18N4O2/c12-10(9-6-13-15-14-9)8-1-3-17-11(5-8)2-4-16-7-11/h6,8,10H,1-5,7,12H2,(H,13,14,15). The summed E-state index contributed by atoms with van der Waals surface area (Å²) in [6.45, 7) is 2.26. The maximum absolute atomic E-state index is 6.25. The molecule has 1 aromatic rings. The number of aromatic nitrogens is 3. The zero-order valence-corrected chi connectivity index (χ0v) is 9.76. The molecule has 2 fully saturated rings. The van der Waals surface area contributed by atoms with Gasteiger partial charge in [0.15, 0.2) is 0 Å². The topological polar surface area (TPSA) is 86.1 Å². The van der Waals surface area contributed by atoms with Crippen molar-refractivity contribution in [2.24, 2.45) is 11.7 Å². The number of nitrogens with two attached hydrogens (primary N) is 1. The molecule has 3 unspecified atom stereocenters. The fraction of sp³-hybridized carbons (Fsp3) is 0.818. The first kappa shape index (κ1) is 11.1. The van der Waals surface area contributed by atoms with E-state index in [1.165, 1.54) is 0 Å². The Kier molecular flexibility index (Phi) is 2.85. The summed E-state index contributed by atoms with van der Waals surface area (Å²) in [5.74, 6) is 0.399. The van der Waals surface area contributed by atoms with E-state index in [4.69, 9.17) is 15.2 Å². The summed E-state index contributed by atoms with van der Waals surface area (Å²) in [5, 5.41) is 10.5. The van der Waals surface area contributed by atoms with Crippen LogP contribution in [0.25, 0.3) is 0 Å². The Morgan fingerprint density at radius 2 is 2.47 bits per heavy atom. The zero-order chi connectivity index (χ0) is 11.7. The van der Waals surface area contributed by atoms with Crippen molar-refractivity contribution in [1.82, 2.24) is 15.4 Å². The molecule has 1 aromatic heterocycles. The lowest BCUT2D eigenvalue weighted by molar-refractivity contribution is -0.101. The SMILES string of the molecule is NC(c1cn[nH]n1)C1CCOC2(CCOC2)C1. The van der Waals surface area contributed by atoms with E-state index < -0.39 is 0 Å². The molecule has 94 valence electrons. The summed E-state index contributed by atoms with van der Waals surface area (Å²) in [6.07, 6.45) is 4.63. The predicted octanol–water partition coefficient (Wildman–Crippen LogP) is 0.390. The van der Waals surface area contributed by atoms with Gasteiger partial charge < -0.3 is 15.2 Å². The minimum Gasteiger partial charge on any atom is -0.378 e. The van der Waals surface area contributed by atoms with Gasteiger partial charge in [-0.05, 0) is 18.8 Å². The monoisotopic (exact) mass is 238 g/mol. The number of rotatable bonds is 2. The van der Waals surface area contributed by atoms with Crippen molar-refractivity contribution in [3.63, 3.8) is 0 Å². The van der Waals surface area contributed by atoms with Gasteiger partial charge in [0.25, 0.3) is 0 Å². The van der Waals surface area contributed by atoms with Crippen LogP contribution in [0.5, 0.6) is 0 Å². The highest BCUT2D eigenvalue weighted by atomic mass is 16.6. The predicted molar refractivity (Wildman–Crippen MR) is 60.2 cm³/mol. The van der Waals surface area contributed by atoms with Gasteiger partial charge in [0, 0.05) is 19.6 Å². The van der Waals surface area contributed by atoms with Crippen LogP contribution < -0.4 is 5.73 Å². The highest BCUT2D eigenvalue weighted by Gasteiger charge is 2.42. The lowest BCUT2D eigenvalue weighted by Gasteiger charge is -2.38. The van der Waals surface area contributed by atoms with E-state index in [0.29, 0.717) is 12.5 Å². The van der Waals surface area contributed by atoms with Gasteiger partial charge in [-0.1, -0.05) is 0 Å². The van der Waals surface area contributed by atoms with E-state index in [9.17, 15) is 0 Å². The van der Waals surface area contributed by atoms with E-state index in [1.807, 2.05) is 0 Å². The van der Waals surface area contributed by atoms with Gasteiger partial charge in [0.05, 0.1) is 30.1 Å². The molecular weight excluding hydrogens is 220 g/mol. The molecule has 1 spiro atoms. The van der Waals surface area contributed by atoms with Crippen molar-refractivity contribution in [2.75, 3.05) is 19.8 Å². The lowest BCUT2D eigenvalue weighted by atomic mass is 9.80. The number of H-pyrrole nitrogens is 1. The highest BCUT2D eigenvalue weighted by Crippen LogP contribution is 2.39. The largest absolute Gasteiger partial charge is 0.378 e. The molecule has 2 aliphatic heterocycles. The summed E-state index contributed by atoms with van der Waals surface area (Å²) in [7, 11) is 0. The second-order valence-corrected chi connectivity index (χ2v) is 5.01. The van der Waals surface area contributed by atoms with Crippen LogP contribution in [0.1, 0.15) is 31.0 Å². The maximum Gasteiger partial charge on any atom is 0.0994 e. The number of hydrogen-bond acceptors (Lipinski definition) is 5. The Morgan fingerprint density at radius 3 is 3.18 bits per heavy atom. The smallest absolute Gasteiger partial charge is 0.0994 e. The van der Waals surface area contributed by atoms with Gasteiger partial charge in [-0.25, -0.2) is 0 Å². The number of aromatic amines is 1. The maximum atomic E-state index is 6.25. The van der Waals surface area contributed by atoms with Crippen molar-refractivity contribution in [3.05, 3.63) is 11.9 Å². The molecular formula is C11H18N4O2. The summed E-state index contributed by atoms with van der Waals surface area (Å²) < 4.78 is 11.4. The van der Waals surface area contributed by atoms with Crippen LogP contribution in [0, 0.1) is 5.92 Å². The van der Waals surface area contributed by atoms with Gasteiger partial charge in [0.2, 0.25) is 0 Å². The Bertz CT molecular complexity index is 362. The van der Waals surface area contributed by atoms with E-state index in [1.54, 1.807) is 6.20 Å². The average Bonchev–Trinajstić information content (AvgIpc) is 3.00. The average molecular weight is 238 g/mol. The summed E-state index contributed by atoms with van der Waals surface area (Å²) >= 11 is 0. The minimum atomic E-state index is -0.0930. The van der Waals surface area contributed by atoms with Crippen molar-refractivity contribution >= 4 is 0 Å². The van der Waals surface area contributed by atoms with E-state index in [2.05, 4.69) is 15.4 Å². The molecule has 2 aliphatic rings. The molecule has 3 rings (SSSR count). The van der Waals surface area contributed by atoms with Gasteiger partial charge >= 0.3 is 0 Å². The van der Waals surface area contributed by atoms with Crippen LogP contribution in [-0.2, 0) is 9.47 Å². The van der Waals surface area contributed by atoms with E-state index >= 15 is 0 Å². The molecule has 2 saturated heterocycles. The molecule has 0 amide bonds. The molecule has 3 heterocycles. The first-order chi connectivity index (χ1) is 8.29. The number of ether oxygens (including phenoxy) is 2. The summed E-state index contributed by atoms with van der Waals surface area (Å²) in [5.41, 5.74) is 6.99. The van der Waals surface area contributed by atoms with Gasteiger partial charge in [-0.3, -0.25) is 0 Å². The van der Waals surface area contributed by atoms with Gasteiger partial charge in [-0.2, -0.15) is 15.4 Å². The third-order valence-corrected chi connectivity index (χ3v) is 3.88. The quantitative estimate of drug-likeness (QED) is 0.778. The lowest BCUT2D eigenvalue weighted by Crippen LogP contribution is -2.43. The Morgan fingerprint density at radius 1 is 1.53 bits per heavy atom. The Labute approximate surface area is 99.9 Å². The van der Waals surface area contributed by atoms with Crippen molar-refractivity contribution in [1.29, 1.82) is 0 Å². The molecule has 6 nitrogen and oxygen atoms in total. The minimum absolute atomic E-state index is 0.0601. The van der Waals surface area contributed by atoms with Crippen LogP contribution >= 0.6 is 0 Å².